The number of anilines is 1. The van der Waals surface area contributed by atoms with Crippen molar-refractivity contribution in [1.29, 1.82) is 0 Å². The molecule has 228 valence electrons. The van der Waals surface area contributed by atoms with Gasteiger partial charge < -0.3 is 14.4 Å². The Labute approximate surface area is 246 Å². The van der Waals surface area contributed by atoms with Crippen molar-refractivity contribution < 1.29 is 44.2 Å². The first-order valence-corrected chi connectivity index (χ1v) is 14.4. The number of rotatable bonds is 7. The van der Waals surface area contributed by atoms with Crippen LogP contribution in [0.2, 0.25) is 5.02 Å². The quantitative estimate of drug-likeness (QED) is 0.216. The van der Waals surface area contributed by atoms with Gasteiger partial charge >= 0.3 is 12.4 Å². The van der Waals surface area contributed by atoms with E-state index in [0.717, 1.165) is 25.1 Å². The van der Waals surface area contributed by atoms with E-state index in [4.69, 9.17) is 21.1 Å². The Morgan fingerprint density at radius 2 is 1.67 bits per heavy atom. The van der Waals surface area contributed by atoms with Gasteiger partial charge in [-0.05, 0) is 62.0 Å². The molecule has 8 nitrogen and oxygen atoms in total. The molecule has 5 rings (SSSR count). The highest BCUT2D eigenvalue weighted by Gasteiger charge is 2.39. The number of nitrogens with zero attached hydrogens (tertiary/aromatic N) is 3. The van der Waals surface area contributed by atoms with Crippen LogP contribution in [0.25, 0.3) is 11.0 Å². The van der Waals surface area contributed by atoms with Crippen LogP contribution < -0.4 is 14.2 Å². The van der Waals surface area contributed by atoms with Gasteiger partial charge in [0.25, 0.3) is 10.0 Å². The van der Waals surface area contributed by atoms with E-state index < -0.39 is 44.7 Å². The molecule has 1 N–H and O–H groups in total. The Morgan fingerprint density at radius 3 is 2.30 bits per heavy atom. The lowest BCUT2D eigenvalue weighted by Crippen LogP contribution is -2.21. The predicted molar refractivity (Wildman–Crippen MR) is 145 cm³/mol. The van der Waals surface area contributed by atoms with Crippen LogP contribution in [0.1, 0.15) is 17.7 Å². The molecule has 0 radical (unpaired) electrons. The molecule has 2 aromatic heterocycles. The van der Waals surface area contributed by atoms with Gasteiger partial charge in [0.05, 0.1) is 21.2 Å². The summed E-state index contributed by atoms with van der Waals surface area (Å²) in [6.07, 6.45) is -9.52. The lowest BCUT2D eigenvalue weighted by Gasteiger charge is -2.16. The van der Waals surface area contributed by atoms with Crippen LogP contribution in [-0.4, -0.2) is 49.5 Å². The maximum absolute atomic E-state index is 13.4. The fourth-order valence-electron chi connectivity index (χ4n) is 4.37. The largest absolute Gasteiger partial charge is 0.487 e. The molecule has 0 saturated carbocycles. The van der Waals surface area contributed by atoms with Gasteiger partial charge in [0, 0.05) is 30.6 Å². The number of alkyl halides is 6. The van der Waals surface area contributed by atoms with Crippen LogP contribution in [-0.2, 0) is 22.4 Å². The Balaban J connectivity index is 1.33. The summed E-state index contributed by atoms with van der Waals surface area (Å²) in [5.41, 5.74) is -3.93. The highest BCUT2D eigenvalue weighted by Crippen LogP contribution is 2.39. The summed E-state index contributed by atoms with van der Waals surface area (Å²) in [6, 6.07) is 11.2. The van der Waals surface area contributed by atoms with Crippen molar-refractivity contribution in [1.82, 2.24) is 14.9 Å². The zero-order valence-corrected chi connectivity index (χ0v) is 23.6. The Bertz CT molecular complexity index is 1770. The molecule has 1 fully saturated rings. The van der Waals surface area contributed by atoms with E-state index in [9.17, 15) is 34.8 Å². The smallest absolute Gasteiger partial charge is 0.433 e. The van der Waals surface area contributed by atoms with Gasteiger partial charge in [0.1, 0.15) is 23.3 Å². The number of aromatic nitrogens is 2. The first-order valence-electron chi connectivity index (χ1n) is 12.5. The zero-order valence-electron chi connectivity index (χ0n) is 22.0. The van der Waals surface area contributed by atoms with E-state index in [2.05, 4.69) is 19.6 Å². The van der Waals surface area contributed by atoms with Gasteiger partial charge in [-0.3, -0.25) is 4.72 Å². The molecule has 0 bridgehead atoms. The Hall–Kier alpha value is -3.82. The second-order valence-electron chi connectivity index (χ2n) is 9.69. The van der Waals surface area contributed by atoms with Crippen LogP contribution in [0.3, 0.4) is 0 Å². The van der Waals surface area contributed by atoms with Gasteiger partial charge in [0.2, 0.25) is 5.88 Å². The summed E-state index contributed by atoms with van der Waals surface area (Å²) in [7, 11) is -2.13. The fourth-order valence-corrected chi connectivity index (χ4v) is 5.58. The summed E-state index contributed by atoms with van der Waals surface area (Å²) >= 11 is 6.23. The molecule has 1 aliphatic rings. The highest BCUT2D eigenvalue weighted by atomic mass is 35.5. The van der Waals surface area contributed by atoms with Crippen molar-refractivity contribution in [2.45, 2.75) is 29.8 Å². The standard InChI is InChI=1S/C27H21ClF6N4O4S/c1-38-11-10-17(14-38)41-22-12-15(2-8-21(22)28)37-43(39,40)18-5-3-16(4-6-18)42-24-9-7-19-20(26(29,30)31)13-23(27(32,33)34)35-25(19)36-24/h2-9,12-13,17,37H,10-11,14H2,1H3. The first kappa shape index (κ1) is 30.6. The molecular formula is C27H21ClF6N4O4S. The third-order valence-electron chi connectivity index (χ3n) is 6.42. The number of likely N-dealkylation sites (tertiary alicyclic amines) is 1. The van der Waals surface area contributed by atoms with Crippen LogP contribution in [0.5, 0.6) is 17.4 Å². The molecule has 4 aromatic rings. The Kier molecular flexibility index (Phi) is 8.09. The van der Waals surface area contributed by atoms with Crippen molar-refractivity contribution in [3.05, 3.63) is 76.9 Å². The Morgan fingerprint density at radius 1 is 0.953 bits per heavy atom. The van der Waals surface area contributed by atoms with Gasteiger partial charge in [-0.25, -0.2) is 13.4 Å². The van der Waals surface area contributed by atoms with Gasteiger partial charge in [-0.15, -0.1) is 0 Å². The number of fused-ring (bicyclic) bond motifs is 1. The maximum atomic E-state index is 13.4. The second-order valence-corrected chi connectivity index (χ2v) is 11.8. The molecule has 1 saturated heterocycles. The molecule has 0 spiro atoms. The number of hydrogen-bond donors (Lipinski definition) is 1. The summed E-state index contributed by atoms with van der Waals surface area (Å²) in [6.45, 7) is 1.56. The van der Waals surface area contributed by atoms with Crippen LogP contribution in [0.4, 0.5) is 32.0 Å². The summed E-state index contributed by atoms with van der Waals surface area (Å²) in [4.78, 5) is 8.88. The summed E-state index contributed by atoms with van der Waals surface area (Å²) in [5, 5.41) is -0.326. The van der Waals surface area contributed by atoms with E-state index in [-0.39, 0.29) is 34.4 Å². The van der Waals surface area contributed by atoms with Crippen molar-refractivity contribution in [2.75, 3.05) is 24.9 Å². The minimum atomic E-state index is -5.14. The molecule has 1 atom stereocenters. The number of benzene rings is 2. The van der Waals surface area contributed by atoms with E-state index in [1.165, 1.54) is 42.5 Å². The van der Waals surface area contributed by atoms with Gasteiger partial charge in [0.15, 0.2) is 5.65 Å². The van der Waals surface area contributed by atoms with Gasteiger partial charge in [-0.1, -0.05) is 11.6 Å². The second kappa shape index (κ2) is 11.4. The van der Waals surface area contributed by atoms with E-state index in [1.54, 1.807) is 0 Å². The molecular weight excluding hydrogens is 626 g/mol. The van der Waals surface area contributed by atoms with E-state index in [0.29, 0.717) is 17.3 Å². The number of likely N-dealkylation sites (N-methyl/N-ethyl adjacent to an activating group) is 1. The van der Waals surface area contributed by atoms with Crippen LogP contribution >= 0.6 is 11.6 Å². The molecule has 16 heteroatoms. The highest BCUT2D eigenvalue weighted by molar-refractivity contribution is 7.92. The van der Waals surface area contributed by atoms with Crippen molar-refractivity contribution in [3.63, 3.8) is 0 Å². The predicted octanol–water partition coefficient (Wildman–Crippen LogP) is 7.00. The van der Waals surface area contributed by atoms with Crippen molar-refractivity contribution in [3.8, 4) is 17.4 Å². The fraction of sp³-hybridized carbons (Fsp3) is 0.259. The molecule has 2 aromatic carbocycles. The number of hydrogen-bond acceptors (Lipinski definition) is 7. The molecule has 0 aliphatic carbocycles. The summed E-state index contributed by atoms with van der Waals surface area (Å²) < 4.78 is 120. The maximum Gasteiger partial charge on any atom is 0.433 e. The average Bonchev–Trinajstić information content (AvgIpc) is 3.33. The number of ether oxygens (including phenoxy) is 2. The van der Waals surface area contributed by atoms with Crippen molar-refractivity contribution >= 4 is 38.3 Å². The minimum absolute atomic E-state index is 0.0116. The topological polar surface area (TPSA) is 93.7 Å². The number of halogens is 7. The van der Waals surface area contributed by atoms with Crippen LogP contribution in [0.15, 0.2) is 65.6 Å². The monoisotopic (exact) mass is 646 g/mol. The third kappa shape index (κ3) is 7.05. The lowest BCUT2D eigenvalue weighted by molar-refractivity contribution is -0.144. The summed E-state index contributed by atoms with van der Waals surface area (Å²) in [5.74, 6) is -0.0196. The van der Waals surface area contributed by atoms with E-state index in [1.807, 2.05) is 7.05 Å². The SMILES string of the molecule is CN1CCC(Oc2cc(NS(=O)(=O)c3ccc(Oc4ccc5c(C(F)(F)F)cc(C(F)(F)F)nc5n4)cc3)ccc2Cl)C1. The molecule has 1 unspecified atom stereocenters. The number of nitrogens with one attached hydrogen (secondary N) is 1. The third-order valence-corrected chi connectivity index (χ3v) is 8.13. The first-order chi connectivity index (χ1) is 20.1. The molecule has 1 aliphatic heterocycles. The van der Waals surface area contributed by atoms with Crippen LogP contribution in [0, 0.1) is 0 Å². The van der Waals surface area contributed by atoms with Gasteiger partial charge in [-0.2, -0.15) is 31.3 Å². The number of pyridine rings is 2. The zero-order chi connectivity index (χ0) is 31.2. The van der Waals surface area contributed by atoms with E-state index >= 15 is 0 Å². The lowest BCUT2D eigenvalue weighted by atomic mass is 10.1. The molecule has 43 heavy (non-hydrogen) atoms. The molecule has 0 amide bonds. The average molecular weight is 647 g/mol. The minimum Gasteiger partial charge on any atom is -0.487 e. The number of sulfonamides is 1. The normalized spacial score (nSPS) is 16.4. The van der Waals surface area contributed by atoms with Crippen molar-refractivity contribution in [2.24, 2.45) is 0 Å². The molecule has 3 heterocycles.